The van der Waals surface area contributed by atoms with E-state index >= 15 is 0 Å². The molecule has 14 heavy (non-hydrogen) atoms. The van der Waals surface area contributed by atoms with Gasteiger partial charge in [0.15, 0.2) is 0 Å². The zero-order valence-corrected chi connectivity index (χ0v) is 9.60. The molecule has 1 aliphatic heterocycles. The number of nitrogens with zero attached hydrogens (tertiary/aromatic N) is 1. The molecule has 2 heteroatoms. The fraction of sp³-hybridized carbons (Fsp3) is 0.917. The van der Waals surface area contributed by atoms with Crippen LogP contribution in [0, 0.1) is 16.7 Å². The van der Waals surface area contributed by atoms with E-state index in [0.29, 0.717) is 6.42 Å². The molecule has 1 atom stereocenters. The molecular formula is C12H21NO. The van der Waals surface area contributed by atoms with E-state index in [4.69, 9.17) is 10.00 Å². The molecule has 0 spiro atoms. The lowest BCUT2D eigenvalue weighted by molar-refractivity contribution is -0.106. The highest BCUT2D eigenvalue weighted by Gasteiger charge is 2.39. The van der Waals surface area contributed by atoms with E-state index in [2.05, 4.69) is 26.8 Å². The monoisotopic (exact) mass is 195 g/mol. The van der Waals surface area contributed by atoms with Gasteiger partial charge in [-0.15, -0.1) is 0 Å². The lowest BCUT2D eigenvalue weighted by Crippen LogP contribution is -2.41. The van der Waals surface area contributed by atoms with Crippen LogP contribution >= 0.6 is 0 Å². The zero-order chi connectivity index (χ0) is 10.7. The summed E-state index contributed by atoms with van der Waals surface area (Å²) in [5.74, 6) is 0. The van der Waals surface area contributed by atoms with Gasteiger partial charge in [-0.05, 0) is 38.5 Å². The van der Waals surface area contributed by atoms with Crippen molar-refractivity contribution in [1.29, 1.82) is 5.26 Å². The minimum Gasteiger partial charge on any atom is -0.376 e. The quantitative estimate of drug-likeness (QED) is 0.692. The summed E-state index contributed by atoms with van der Waals surface area (Å²) in [5.41, 5.74) is 0.190. The van der Waals surface area contributed by atoms with E-state index in [1.165, 1.54) is 0 Å². The van der Waals surface area contributed by atoms with Gasteiger partial charge in [-0.3, -0.25) is 0 Å². The summed E-state index contributed by atoms with van der Waals surface area (Å²) in [6.45, 7) is 7.28. The number of nitriles is 1. The third kappa shape index (κ3) is 2.72. The maximum atomic E-state index is 8.89. The first-order chi connectivity index (χ1) is 6.54. The molecule has 0 aromatic rings. The first kappa shape index (κ1) is 11.5. The molecular weight excluding hydrogens is 174 g/mol. The molecule has 1 fully saturated rings. The summed E-state index contributed by atoms with van der Waals surface area (Å²) in [4.78, 5) is 0. The number of hydrogen-bond acceptors (Lipinski definition) is 2. The molecule has 0 amide bonds. The topological polar surface area (TPSA) is 33.0 Å². The van der Waals surface area contributed by atoms with Gasteiger partial charge in [0.05, 0.1) is 11.7 Å². The van der Waals surface area contributed by atoms with Gasteiger partial charge in [0.1, 0.15) is 0 Å². The van der Waals surface area contributed by atoms with Crippen molar-refractivity contribution < 1.29 is 4.74 Å². The van der Waals surface area contributed by atoms with Crippen molar-refractivity contribution in [2.75, 3.05) is 6.61 Å². The van der Waals surface area contributed by atoms with Crippen molar-refractivity contribution in [3.63, 3.8) is 0 Å². The molecule has 2 nitrogen and oxygen atoms in total. The van der Waals surface area contributed by atoms with E-state index in [1.807, 2.05) is 0 Å². The van der Waals surface area contributed by atoms with Gasteiger partial charge in [-0.25, -0.2) is 0 Å². The largest absolute Gasteiger partial charge is 0.376 e. The molecule has 1 heterocycles. The molecule has 0 saturated carbocycles. The third-order valence-electron chi connectivity index (χ3n) is 3.16. The molecule has 0 bridgehead atoms. The first-order valence-electron chi connectivity index (χ1n) is 5.54. The highest BCUT2D eigenvalue weighted by atomic mass is 16.5. The van der Waals surface area contributed by atoms with Crippen molar-refractivity contribution in [2.45, 2.75) is 58.5 Å². The highest BCUT2D eigenvalue weighted by Crippen LogP contribution is 2.44. The van der Waals surface area contributed by atoms with Gasteiger partial charge < -0.3 is 4.74 Å². The maximum absolute atomic E-state index is 8.89. The second-order valence-corrected chi connectivity index (χ2v) is 5.12. The predicted molar refractivity (Wildman–Crippen MR) is 56.8 cm³/mol. The summed E-state index contributed by atoms with van der Waals surface area (Å²) in [5, 5.41) is 8.89. The first-order valence-corrected chi connectivity index (χ1v) is 5.54. The van der Waals surface area contributed by atoms with Gasteiger partial charge in [0, 0.05) is 13.0 Å². The van der Waals surface area contributed by atoms with Crippen LogP contribution < -0.4 is 0 Å². The summed E-state index contributed by atoms with van der Waals surface area (Å²) in [7, 11) is 0. The minimum atomic E-state index is -0.0374. The Balaban J connectivity index is 2.71. The fourth-order valence-electron chi connectivity index (χ4n) is 2.74. The van der Waals surface area contributed by atoms with Crippen LogP contribution in [0.5, 0.6) is 0 Å². The molecule has 1 aliphatic rings. The molecule has 1 saturated heterocycles. The third-order valence-corrected chi connectivity index (χ3v) is 3.16. The van der Waals surface area contributed by atoms with Crippen LogP contribution in [0.4, 0.5) is 0 Å². The maximum Gasteiger partial charge on any atom is 0.0632 e. The molecule has 80 valence electrons. The minimum absolute atomic E-state index is 0.0374. The van der Waals surface area contributed by atoms with Crippen LogP contribution in [0.1, 0.15) is 52.9 Å². The molecule has 0 radical (unpaired) electrons. The smallest absolute Gasteiger partial charge is 0.0632 e. The zero-order valence-electron chi connectivity index (χ0n) is 9.60. The predicted octanol–water partition coefficient (Wildman–Crippen LogP) is 3.28. The van der Waals surface area contributed by atoms with Crippen molar-refractivity contribution in [3.8, 4) is 6.07 Å². The Morgan fingerprint density at radius 2 is 2.14 bits per heavy atom. The van der Waals surface area contributed by atoms with Crippen LogP contribution in [0.3, 0.4) is 0 Å². The van der Waals surface area contributed by atoms with Crippen LogP contribution in [0.2, 0.25) is 0 Å². The van der Waals surface area contributed by atoms with Crippen molar-refractivity contribution >= 4 is 0 Å². The van der Waals surface area contributed by atoms with Crippen molar-refractivity contribution in [1.82, 2.24) is 0 Å². The second-order valence-electron chi connectivity index (χ2n) is 5.12. The molecule has 1 unspecified atom stereocenters. The molecule has 1 rings (SSSR count). The summed E-state index contributed by atoms with van der Waals surface area (Å²) < 4.78 is 5.70. The van der Waals surface area contributed by atoms with Crippen LogP contribution in [0.15, 0.2) is 0 Å². The van der Waals surface area contributed by atoms with E-state index in [-0.39, 0.29) is 11.0 Å². The lowest BCUT2D eigenvalue weighted by Gasteiger charge is -2.44. The summed E-state index contributed by atoms with van der Waals surface area (Å²) in [6, 6.07) is 2.35. The Morgan fingerprint density at radius 3 is 2.64 bits per heavy atom. The van der Waals surface area contributed by atoms with E-state index in [9.17, 15) is 0 Å². The van der Waals surface area contributed by atoms with Gasteiger partial charge in [-0.2, -0.15) is 5.26 Å². The fourth-order valence-corrected chi connectivity index (χ4v) is 2.74. The van der Waals surface area contributed by atoms with E-state index in [1.54, 1.807) is 0 Å². The Kier molecular flexibility index (Phi) is 3.55. The average Bonchev–Trinajstić information content (AvgIpc) is 2.02. The average molecular weight is 195 g/mol. The number of rotatable bonds is 3. The Hall–Kier alpha value is -0.550. The lowest BCUT2D eigenvalue weighted by atomic mass is 9.69. The molecule has 0 aromatic carbocycles. The SMILES string of the molecule is CCCC1(CC#N)CCOC(C)(C)C1. The van der Waals surface area contributed by atoms with Crippen LogP contribution in [-0.4, -0.2) is 12.2 Å². The van der Waals surface area contributed by atoms with Gasteiger partial charge >= 0.3 is 0 Å². The van der Waals surface area contributed by atoms with Gasteiger partial charge in [0.2, 0.25) is 0 Å². The Bertz CT molecular complexity index is 225. The normalized spacial score (nSPS) is 31.0. The number of hydrogen-bond donors (Lipinski definition) is 0. The van der Waals surface area contributed by atoms with Gasteiger partial charge in [-0.1, -0.05) is 13.3 Å². The summed E-state index contributed by atoms with van der Waals surface area (Å²) in [6.07, 6.45) is 5.10. The van der Waals surface area contributed by atoms with Crippen LogP contribution in [0.25, 0.3) is 0 Å². The molecule has 0 aromatic heterocycles. The van der Waals surface area contributed by atoms with E-state index in [0.717, 1.165) is 32.3 Å². The van der Waals surface area contributed by atoms with Crippen LogP contribution in [-0.2, 0) is 4.74 Å². The van der Waals surface area contributed by atoms with E-state index < -0.39 is 0 Å². The molecule has 0 N–H and O–H groups in total. The van der Waals surface area contributed by atoms with Gasteiger partial charge in [0.25, 0.3) is 0 Å². The Morgan fingerprint density at radius 1 is 1.43 bits per heavy atom. The Labute approximate surface area is 87.3 Å². The standard InChI is InChI=1S/C12H21NO/c1-4-5-12(6-8-13)7-9-14-11(2,3)10-12/h4-7,9-10H2,1-3H3. The molecule has 0 aliphatic carbocycles. The van der Waals surface area contributed by atoms with Crippen molar-refractivity contribution in [3.05, 3.63) is 0 Å². The second kappa shape index (κ2) is 4.31. The highest BCUT2D eigenvalue weighted by molar-refractivity contribution is 4.95. The van der Waals surface area contributed by atoms with Crippen molar-refractivity contribution in [2.24, 2.45) is 5.41 Å². The number of ether oxygens (including phenoxy) is 1. The summed E-state index contributed by atoms with van der Waals surface area (Å²) >= 11 is 0.